The van der Waals surface area contributed by atoms with Crippen molar-refractivity contribution in [1.29, 1.82) is 0 Å². The number of fused-ring (bicyclic) bond motifs is 2. The summed E-state index contributed by atoms with van der Waals surface area (Å²) in [5.41, 5.74) is 5.66. The van der Waals surface area contributed by atoms with Gasteiger partial charge in [0.25, 0.3) is 0 Å². The molecule has 0 unspecified atom stereocenters. The molecule has 0 atom stereocenters. The minimum absolute atomic E-state index is 0. The number of aryl methyl sites for hydroxylation is 4. The molecule has 0 aliphatic carbocycles. The Balaban J connectivity index is 0.000000220. The fourth-order valence-electron chi connectivity index (χ4n) is 3.08. The molecule has 0 aliphatic rings. The Morgan fingerprint density at radius 1 is 0.704 bits per heavy atom. The minimum Gasteiger partial charge on any atom is -1.00 e. The van der Waals surface area contributed by atoms with Gasteiger partial charge in [-0.25, -0.2) is 0 Å². The van der Waals surface area contributed by atoms with Crippen molar-refractivity contribution in [3.05, 3.63) is 82.9 Å². The summed E-state index contributed by atoms with van der Waals surface area (Å²) in [4.78, 5) is 0. The third kappa shape index (κ3) is 7.18. The Hall–Kier alpha value is -0.950. The smallest absolute Gasteiger partial charge is 0.0488 e. The summed E-state index contributed by atoms with van der Waals surface area (Å²) in [7, 11) is 0. The summed E-state index contributed by atoms with van der Waals surface area (Å²) in [5, 5.41) is 5.51. The second kappa shape index (κ2) is 11.1. The van der Waals surface area contributed by atoms with E-state index < -0.39 is 0 Å². The maximum Gasteiger partial charge on any atom is -0.0488 e. The standard InChI is InChI=1S/2C11H11.C2H6Si.ClH.Zr/c2*1-8-6-10-5-3-4-9(2)11(10)7-8;1-3-2;;/h2*3-7H,1-2H3;1-2H3;1H;/q2*-1;;;+2/p-1. The van der Waals surface area contributed by atoms with Gasteiger partial charge < -0.3 is 12.4 Å². The van der Waals surface area contributed by atoms with E-state index in [-0.39, 0.29) is 17.8 Å². The Kier molecular flexibility index (Phi) is 9.95. The fraction of sp³-hybridized carbons (Fsp3) is 0.250. The quantitative estimate of drug-likeness (QED) is 0.267. The third-order valence-electron chi connectivity index (χ3n) is 4.23. The van der Waals surface area contributed by atoms with Gasteiger partial charge in [0.05, 0.1) is 0 Å². The van der Waals surface area contributed by atoms with E-state index in [2.05, 4.69) is 101 Å². The zero-order valence-electron chi connectivity index (χ0n) is 17.2. The van der Waals surface area contributed by atoms with Crippen molar-refractivity contribution in [3.63, 3.8) is 0 Å². The molecule has 4 aromatic carbocycles. The first kappa shape index (κ1) is 24.1. The van der Waals surface area contributed by atoms with Gasteiger partial charge in [-0.2, -0.15) is 12.1 Å². The number of hydrogen-bond donors (Lipinski definition) is 0. The summed E-state index contributed by atoms with van der Waals surface area (Å²) in [5.74, 6) is 0. The summed E-state index contributed by atoms with van der Waals surface area (Å²) in [6, 6.07) is 21.8. The van der Waals surface area contributed by atoms with Crippen molar-refractivity contribution in [2.75, 3.05) is 0 Å². The Morgan fingerprint density at radius 3 is 1.33 bits per heavy atom. The van der Waals surface area contributed by atoms with Crippen LogP contribution in [0.25, 0.3) is 21.5 Å². The molecule has 4 aromatic rings. The first-order valence-corrected chi connectivity index (χ1v) is 15.2. The number of benzene rings is 2. The second-order valence-corrected chi connectivity index (χ2v) is 16.6. The van der Waals surface area contributed by atoms with Crippen molar-refractivity contribution in [1.82, 2.24) is 0 Å². The van der Waals surface area contributed by atoms with E-state index in [1.807, 2.05) is 0 Å². The van der Waals surface area contributed by atoms with Crippen LogP contribution in [0, 0.1) is 27.7 Å². The summed E-state index contributed by atoms with van der Waals surface area (Å²) < 4.78 is 0. The van der Waals surface area contributed by atoms with E-state index in [9.17, 15) is 0 Å². The second-order valence-electron chi connectivity index (χ2n) is 7.22. The molecule has 4 rings (SSSR count). The molecule has 0 amide bonds. The number of hydrogen-bond acceptors (Lipinski definition) is 0. The topological polar surface area (TPSA) is 0 Å². The first-order chi connectivity index (χ1) is 12.3. The van der Waals surface area contributed by atoms with E-state index in [4.69, 9.17) is 0 Å². The largest absolute Gasteiger partial charge is 1.00 e. The molecule has 0 N–H and O–H groups in total. The van der Waals surface area contributed by atoms with Crippen LogP contribution >= 0.6 is 0 Å². The van der Waals surface area contributed by atoms with Crippen LogP contribution in [0.5, 0.6) is 0 Å². The number of halogens is 1. The van der Waals surface area contributed by atoms with Crippen molar-refractivity contribution >= 4 is 27.0 Å². The van der Waals surface area contributed by atoms with Crippen LogP contribution in [0.15, 0.2) is 60.7 Å². The Morgan fingerprint density at radius 2 is 1.04 bits per heavy atom. The van der Waals surface area contributed by atoms with Crippen LogP contribution in [0.4, 0.5) is 0 Å². The van der Waals surface area contributed by atoms with Gasteiger partial charge in [-0.05, 0) is 13.8 Å². The van der Waals surface area contributed by atoms with Crippen LogP contribution in [0.1, 0.15) is 22.3 Å². The van der Waals surface area contributed by atoms with Crippen molar-refractivity contribution in [2.45, 2.75) is 40.8 Å². The van der Waals surface area contributed by atoms with Gasteiger partial charge in [0, 0.05) is 0 Å². The SMILES string of the molecule is C[Si](C)=[Zr+2].Cc1cc2c(C)cccc2[cH-]1.Cc1cc2c(C)cccc2[cH-]1.[Cl-]. The molecule has 0 aromatic heterocycles. The molecule has 0 saturated heterocycles. The molecule has 3 heteroatoms. The molecule has 0 radical (unpaired) electrons. The first-order valence-electron chi connectivity index (χ1n) is 9.05. The molecule has 0 fully saturated rings. The molecule has 27 heavy (non-hydrogen) atoms. The average molecular weight is 471 g/mol. The molecule has 0 spiro atoms. The maximum absolute atomic E-state index is 2.31. The third-order valence-corrected chi connectivity index (χ3v) is 4.23. The van der Waals surface area contributed by atoms with E-state index in [0.29, 0.717) is 0 Å². The predicted octanol–water partition coefficient (Wildman–Crippen LogP) is 4.14. The van der Waals surface area contributed by atoms with Crippen LogP contribution in [0.3, 0.4) is 0 Å². The van der Waals surface area contributed by atoms with Crippen LogP contribution in [-0.4, -0.2) is 5.43 Å². The van der Waals surface area contributed by atoms with Gasteiger partial charge >= 0.3 is 41.9 Å². The molecule has 140 valence electrons. The minimum atomic E-state index is 0. The van der Waals surface area contributed by atoms with Gasteiger partial charge in [0.15, 0.2) is 0 Å². The van der Waals surface area contributed by atoms with Gasteiger partial charge in [0.2, 0.25) is 0 Å². The molecule has 0 saturated carbocycles. The van der Waals surface area contributed by atoms with Crippen LogP contribution in [0.2, 0.25) is 13.1 Å². The fourth-order valence-corrected chi connectivity index (χ4v) is 3.08. The van der Waals surface area contributed by atoms with E-state index in [1.165, 1.54) is 43.8 Å². The zero-order valence-corrected chi connectivity index (χ0v) is 21.4. The zero-order chi connectivity index (χ0) is 19.3. The molecular formula is C24H28ClSiZr-. The molecule has 0 bridgehead atoms. The van der Waals surface area contributed by atoms with E-state index >= 15 is 0 Å². The van der Waals surface area contributed by atoms with Crippen LogP contribution < -0.4 is 12.4 Å². The van der Waals surface area contributed by atoms with E-state index in [0.717, 1.165) is 0 Å². The molecular weight excluding hydrogens is 443 g/mol. The van der Waals surface area contributed by atoms with Gasteiger partial charge in [-0.1, -0.05) is 37.1 Å². The summed E-state index contributed by atoms with van der Waals surface area (Å²) in [6.07, 6.45) is 0. The molecule has 0 aliphatic heterocycles. The van der Waals surface area contributed by atoms with Gasteiger partial charge in [0.1, 0.15) is 0 Å². The van der Waals surface area contributed by atoms with E-state index in [1.54, 1.807) is 23.3 Å². The summed E-state index contributed by atoms with van der Waals surface area (Å²) in [6.45, 7) is 13.2. The van der Waals surface area contributed by atoms with Crippen molar-refractivity contribution in [2.24, 2.45) is 0 Å². The molecule has 0 nitrogen and oxygen atoms in total. The van der Waals surface area contributed by atoms with Crippen molar-refractivity contribution < 1.29 is 35.7 Å². The monoisotopic (exact) mass is 469 g/mol. The number of rotatable bonds is 0. The average Bonchev–Trinajstić information content (AvgIpc) is 3.11. The van der Waals surface area contributed by atoms with Crippen molar-refractivity contribution in [3.8, 4) is 0 Å². The Labute approximate surface area is 185 Å². The van der Waals surface area contributed by atoms with Gasteiger partial charge in [-0.3, -0.25) is 0 Å². The predicted molar refractivity (Wildman–Crippen MR) is 116 cm³/mol. The molecule has 0 heterocycles. The summed E-state index contributed by atoms with van der Waals surface area (Å²) >= 11 is 1.74. The Bertz CT molecular complexity index is 941. The normalized spacial score (nSPS) is 9.78. The van der Waals surface area contributed by atoms with Gasteiger partial charge in [-0.15, -0.1) is 69.1 Å². The maximum atomic E-state index is 2.31. The van der Waals surface area contributed by atoms with Crippen LogP contribution in [-0.2, 0) is 23.3 Å².